The number of aliphatic hydroxyl groups is 10. The summed E-state index contributed by atoms with van der Waals surface area (Å²) >= 11 is 0. The van der Waals surface area contributed by atoms with E-state index in [0.29, 0.717) is 5.75 Å². The first-order chi connectivity index (χ1) is 30.6. The maximum atomic E-state index is 11.5. The lowest BCUT2D eigenvalue weighted by atomic mass is 9.78. The van der Waals surface area contributed by atoms with Crippen LogP contribution in [0, 0.1) is 32.6 Å². The fourth-order valence-corrected chi connectivity index (χ4v) is 10.5. The minimum Gasteiger partial charge on any atom is -0.487 e. The highest BCUT2D eigenvalue weighted by molar-refractivity contribution is 5.59. The third kappa shape index (κ3) is 12.9. The van der Waals surface area contributed by atoms with Gasteiger partial charge in [0.2, 0.25) is 0 Å². The van der Waals surface area contributed by atoms with E-state index in [9.17, 15) is 51.1 Å². The molecule has 2 aliphatic carbocycles. The van der Waals surface area contributed by atoms with Gasteiger partial charge < -0.3 is 74.7 Å². The normalized spacial score (nSPS) is 36.7. The minimum absolute atomic E-state index is 0.0970. The maximum absolute atomic E-state index is 11.5. The van der Waals surface area contributed by atoms with Gasteiger partial charge in [-0.1, -0.05) is 90.4 Å². The Labute approximate surface area is 381 Å². The van der Waals surface area contributed by atoms with Gasteiger partial charge in [0, 0.05) is 30.6 Å². The van der Waals surface area contributed by atoms with E-state index >= 15 is 0 Å². The highest BCUT2D eigenvalue weighted by Gasteiger charge is 2.53. The number of ether oxygens (including phenoxy) is 5. The number of hydrogen-bond donors (Lipinski definition) is 10. The lowest BCUT2D eigenvalue weighted by molar-refractivity contribution is -0.333. The van der Waals surface area contributed by atoms with E-state index in [2.05, 4.69) is 13.8 Å². The minimum atomic E-state index is -1.77. The van der Waals surface area contributed by atoms with E-state index < -0.39 is 111 Å². The molecule has 3 fully saturated rings. The van der Waals surface area contributed by atoms with Crippen molar-refractivity contribution in [2.24, 2.45) is 11.8 Å². The van der Waals surface area contributed by atoms with E-state index in [1.165, 1.54) is 83.5 Å². The molecular weight excluding hydrogens is 829 g/mol. The summed E-state index contributed by atoms with van der Waals surface area (Å²) in [5, 5.41) is 107. The fourth-order valence-electron chi connectivity index (χ4n) is 10.5. The summed E-state index contributed by atoms with van der Waals surface area (Å²) in [5.74, 6) is -0.164. The molecule has 1 aromatic carbocycles. The van der Waals surface area contributed by atoms with Crippen LogP contribution in [-0.2, 0) is 20.6 Å². The summed E-state index contributed by atoms with van der Waals surface area (Å²) in [6, 6.07) is 0. The fraction of sp³-hybridized carbons (Fsp3) is 0.878. The molecule has 2 saturated carbocycles. The Morgan fingerprint density at radius 2 is 1.08 bits per heavy atom. The van der Waals surface area contributed by atoms with Gasteiger partial charge in [0.25, 0.3) is 0 Å². The Morgan fingerprint density at radius 3 is 1.62 bits per heavy atom. The summed E-state index contributed by atoms with van der Waals surface area (Å²) in [5.41, 5.74) is 3.55. The van der Waals surface area contributed by atoms with Crippen molar-refractivity contribution in [3.8, 4) is 11.5 Å². The van der Waals surface area contributed by atoms with Gasteiger partial charge in [-0.3, -0.25) is 0 Å². The van der Waals surface area contributed by atoms with Crippen LogP contribution in [-0.4, -0.2) is 156 Å². The van der Waals surface area contributed by atoms with Crippen LogP contribution in [0.1, 0.15) is 152 Å². The molecule has 0 aromatic heterocycles. The van der Waals surface area contributed by atoms with Crippen LogP contribution in [0.4, 0.5) is 0 Å². The van der Waals surface area contributed by atoms with Crippen LogP contribution in [0.5, 0.6) is 11.5 Å². The molecule has 7 unspecified atom stereocenters. The van der Waals surface area contributed by atoms with Crippen molar-refractivity contribution >= 4 is 0 Å². The maximum Gasteiger partial charge on any atom is 0.187 e. The number of unbranched alkanes of at least 4 members (excludes halogenated alkanes) is 13. The molecule has 15 nitrogen and oxygen atoms in total. The molecule has 64 heavy (non-hydrogen) atoms. The average molecular weight is 913 g/mol. The van der Waals surface area contributed by atoms with Crippen molar-refractivity contribution in [3.63, 3.8) is 0 Å². The molecule has 4 aliphatic rings. The average Bonchev–Trinajstić information content (AvgIpc) is 3.28. The Morgan fingerprint density at radius 1 is 0.562 bits per heavy atom. The van der Waals surface area contributed by atoms with Crippen molar-refractivity contribution in [3.05, 3.63) is 22.3 Å². The van der Waals surface area contributed by atoms with Gasteiger partial charge in [-0.25, -0.2) is 0 Å². The third-order valence-corrected chi connectivity index (χ3v) is 15.0. The standard InChI is InChI=1S/C49H84O15/c1-6-7-8-9-10-11-12-13-14-15-16-17-18-19-21-49(5)22-20-33-30(4)44(28(2)29(3)45(33)64-49)60-34-23-31(25-50)46(41(57)37(34)53)61-35-24-32(26-51)47(42(58)38(35)54)63-48-43(59)40(56)39(55)36(27-52)62-48/h31-32,34-43,46-48,50-59H,6-27H2,1-5H3/t31?,32?,34-,35-,36?,37?,38?,39+,40+,41-,42-,43?,46+,47+,48+,49?/m1/s1. The Hall–Kier alpha value is -1.70. The second-order valence-electron chi connectivity index (χ2n) is 19.8. The summed E-state index contributed by atoms with van der Waals surface area (Å²) in [6.45, 7) is 8.74. The quantitative estimate of drug-likeness (QED) is 0.0665. The van der Waals surface area contributed by atoms with Gasteiger partial charge in [-0.2, -0.15) is 0 Å². The number of rotatable bonds is 24. The molecular formula is C49H84O15. The number of fused-ring (bicyclic) bond motifs is 1. The predicted octanol–water partition coefficient (Wildman–Crippen LogP) is 3.72. The first kappa shape index (κ1) is 53.3. The van der Waals surface area contributed by atoms with Gasteiger partial charge >= 0.3 is 0 Å². The van der Waals surface area contributed by atoms with Crippen LogP contribution in [0.2, 0.25) is 0 Å². The van der Waals surface area contributed by atoms with Crippen molar-refractivity contribution < 1.29 is 74.7 Å². The lowest BCUT2D eigenvalue weighted by Crippen LogP contribution is -2.64. The Balaban J connectivity index is 1.13. The van der Waals surface area contributed by atoms with Crippen molar-refractivity contribution in [1.82, 2.24) is 0 Å². The molecule has 2 aliphatic heterocycles. The van der Waals surface area contributed by atoms with Crippen LogP contribution < -0.4 is 9.47 Å². The molecule has 0 radical (unpaired) electrons. The van der Waals surface area contributed by atoms with E-state index in [0.717, 1.165) is 53.7 Å². The first-order valence-corrected chi connectivity index (χ1v) is 24.6. The van der Waals surface area contributed by atoms with E-state index in [-0.39, 0.29) is 18.4 Å². The van der Waals surface area contributed by atoms with Crippen molar-refractivity contribution in [2.45, 2.75) is 242 Å². The molecule has 0 bridgehead atoms. The van der Waals surface area contributed by atoms with Gasteiger partial charge in [-0.15, -0.1) is 0 Å². The molecule has 15 heteroatoms. The molecule has 0 spiro atoms. The van der Waals surface area contributed by atoms with Gasteiger partial charge in [-0.05, 0) is 82.9 Å². The Kier molecular flexibility index (Phi) is 20.9. The SMILES string of the molecule is CCCCCCCCCCCCCCCCC1(C)CCc2c(C)c(O[C@@H]3CC(CO)[C@H](O[C@@H]4CC(CO)[C@H](O[C@@H]5OC(CO)[C@H](O)[C@H](O)C5O)[C@H](O)C4O)[C@H](O)C3O)c(C)c(C)c2O1. The summed E-state index contributed by atoms with van der Waals surface area (Å²) in [7, 11) is 0. The van der Waals surface area contributed by atoms with Crippen LogP contribution >= 0.6 is 0 Å². The third-order valence-electron chi connectivity index (χ3n) is 15.0. The highest BCUT2D eigenvalue weighted by atomic mass is 16.7. The zero-order valence-corrected chi connectivity index (χ0v) is 39.2. The van der Waals surface area contributed by atoms with Crippen LogP contribution in [0.3, 0.4) is 0 Å². The largest absolute Gasteiger partial charge is 0.487 e. The molecule has 1 saturated heterocycles. The summed E-state index contributed by atoms with van der Waals surface area (Å²) < 4.78 is 30.8. The number of aliphatic hydroxyl groups excluding tert-OH is 10. The second-order valence-corrected chi connectivity index (χ2v) is 19.8. The van der Waals surface area contributed by atoms with Crippen molar-refractivity contribution in [2.75, 3.05) is 19.8 Å². The summed E-state index contributed by atoms with van der Waals surface area (Å²) in [6.07, 6.45) is 2.13. The number of hydrogen-bond acceptors (Lipinski definition) is 15. The van der Waals surface area contributed by atoms with E-state index in [1.807, 2.05) is 20.8 Å². The Bertz CT molecular complexity index is 1540. The number of benzene rings is 1. The lowest BCUT2D eigenvalue weighted by Gasteiger charge is -2.48. The smallest absolute Gasteiger partial charge is 0.187 e. The zero-order valence-electron chi connectivity index (χ0n) is 39.2. The van der Waals surface area contributed by atoms with Crippen LogP contribution in [0.25, 0.3) is 0 Å². The molecule has 16 atom stereocenters. The molecule has 10 N–H and O–H groups in total. The first-order valence-electron chi connectivity index (χ1n) is 24.6. The van der Waals surface area contributed by atoms with Gasteiger partial charge in [0.1, 0.15) is 72.0 Å². The van der Waals surface area contributed by atoms with Crippen LogP contribution in [0.15, 0.2) is 0 Å². The topological polar surface area (TPSA) is 248 Å². The summed E-state index contributed by atoms with van der Waals surface area (Å²) in [4.78, 5) is 0. The molecule has 370 valence electrons. The van der Waals surface area contributed by atoms with Gasteiger partial charge in [0.05, 0.1) is 24.9 Å². The van der Waals surface area contributed by atoms with E-state index in [1.54, 1.807) is 0 Å². The molecule has 0 amide bonds. The molecule has 1 aromatic rings. The highest BCUT2D eigenvalue weighted by Crippen LogP contribution is 2.46. The van der Waals surface area contributed by atoms with Crippen molar-refractivity contribution in [1.29, 1.82) is 0 Å². The predicted molar refractivity (Wildman–Crippen MR) is 239 cm³/mol. The zero-order chi connectivity index (χ0) is 46.7. The van der Waals surface area contributed by atoms with E-state index in [4.69, 9.17) is 23.7 Å². The molecule has 2 heterocycles. The van der Waals surface area contributed by atoms with Gasteiger partial charge in [0.15, 0.2) is 6.29 Å². The molecule has 5 rings (SSSR count). The second kappa shape index (κ2) is 25.1. The monoisotopic (exact) mass is 913 g/mol.